The van der Waals surface area contributed by atoms with Gasteiger partial charge in [-0.05, 0) is 64.4 Å². The minimum Gasteiger partial charge on any atom is -0.390 e. The van der Waals surface area contributed by atoms with E-state index < -0.39 is 6.29 Å². The quantitative estimate of drug-likeness (QED) is 0.203. The summed E-state index contributed by atoms with van der Waals surface area (Å²) in [6.07, 6.45) is 12.6. The summed E-state index contributed by atoms with van der Waals surface area (Å²) in [7, 11) is 0. The summed E-state index contributed by atoms with van der Waals surface area (Å²) >= 11 is 0. The molecule has 4 N–H and O–H groups in total. The highest BCUT2D eigenvalue weighted by atomic mass is 35.5. The zero-order chi connectivity index (χ0) is 26.7. The van der Waals surface area contributed by atoms with Crippen LogP contribution in [0.2, 0.25) is 0 Å². The Balaban J connectivity index is -0.000000497. The Bertz CT molecular complexity index is 699. The summed E-state index contributed by atoms with van der Waals surface area (Å²) in [5.41, 5.74) is 10.8. The molecule has 214 valence electrons. The number of aromatic amines is 1. The van der Waals surface area contributed by atoms with Crippen molar-refractivity contribution in [3.05, 3.63) is 18.0 Å². The van der Waals surface area contributed by atoms with Gasteiger partial charge in [-0.1, -0.05) is 11.8 Å². The summed E-state index contributed by atoms with van der Waals surface area (Å²) < 4.78 is 31.9. The minimum absolute atomic E-state index is 0. The Kier molecular flexibility index (Phi) is 28.6. The number of H-pyrrole nitrogens is 1. The molecule has 0 amide bonds. The number of rotatable bonds is 9. The second-order valence-electron chi connectivity index (χ2n) is 7.22. The predicted molar refractivity (Wildman–Crippen MR) is 142 cm³/mol. The van der Waals surface area contributed by atoms with Gasteiger partial charge in [0, 0.05) is 34.1 Å². The number of halogens is 1. The van der Waals surface area contributed by atoms with Crippen molar-refractivity contribution < 1.29 is 35.0 Å². The van der Waals surface area contributed by atoms with Crippen molar-refractivity contribution in [2.45, 2.75) is 77.8 Å². The summed E-state index contributed by atoms with van der Waals surface area (Å²) in [5.74, 6) is 8.20. The van der Waals surface area contributed by atoms with E-state index >= 15 is 0 Å². The van der Waals surface area contributed by atoms with Gasteiger partial charge in [0.25, 0.3) is 0 Å². The number of ether oxygens (including phenoxy) is 6. The second-order valence-corrected chi connectivity index (χ2v) is 7.22. The third-order valence-electron chi connectivity index (χ3n) is 4.55. The van der Waals surface area contributed by atoms with Crippen LogP contribution in [0.4, 0.5) is 0 Å². The lowest BCUT2D eigenvalue weighted by molar-refractivity contribution is -0.154. The Morgan fingerprint density at radius 2 is 1.65 bits per heavy atom. The number of aromatic nitrogens is 2. The molecule has 2 aliphatic rings. The zero-order valence-electron chi connectivity index (χ0n) is 21.9. The SMILES string of the molecule is C#CCOC1CCCCO1.CCOC(C#CCOC1CCCCO1)OCC.Cl.N=N.OCc1ccn[nH]1.[HH]. The number of nitrogens with zero attached hydrogens (tertiary/aromatic N) is 1. The number of hydrogen-bond donors (Lipinski definition) is 4. The maximum absolute atomic E-state index is 8.36. The first kappa shape index (κ1) is 37.1. The molecule has 0 saturated carbocycles. The number of hydrogen-bond acceptors (Lipinski definition) is 10. The molecule has 3 rings (SSSR count). The number of nitrogens with one attached hydrogen (secondary N) is 3. The van der Waals surface area contributed by atoms with Crippen LogP contribution in [0.15, 0.2) is 12.3 Å². The van der Waals surface area contributed by atoms with E-state index in [-0.39, 0.29) is 33.0 Å². The van der Waals surface area contributed by atoms with Gasteiger partial charge in [-0.3, -0.25) is 5.10 Å². The van der Waals surface area contributed by atoms with Gasteiger partial charge in [0.1, 0.15) is 13.2 Å². The molecule has 2 atom stereocenters. The predicted octanol–water partition coefficient (Wildman–Crippen LogP) is 4.26. The first-order chi connectivity index (χ1) is 17.7. The van der Waals surface area contributed by atoms with Gasteiger partial charge in [-0.25, -0.2) is 11.1 Å². The van der Waals surface area contributed by atoms with Crippen LogP contribution in [0, 0.1) is 35.2 Å². The van der Waals surface area contributed by atoms with E-state index in [1.807, 2.05) is 13.8 Å². The van der Waals surface area contributed by atoms with Crippen molar-refractivity contribution in [3.8, 4) is 24.2 Å². The molecule has 2 saturated heterocycles. The van der Waals surface area contributed by atoms with E-state index in [4.69, 9.17) is 51.0 Å². The highest BCUT2D eigenvalue weighted by Crippen LogP contribution is 2.13. The molecule has 37 heavy (non-hydrogen) atoms. The van der Waals surface area contributed by atoms with Crippen LogP contribution in [0.1, 0.15) is 59.5 Å². The summed E-state index contributed by atoms with van der Waals surface area (Å²) in [5, 5.41) is 14.6. The van der Waals surface area contributed by atoms with Gasteiger partial charge >= 0.3 is 0 Å². The molecule has 3 heterocycles. The molecule has 0 bridgehead atoms. The van der Waals surface area contributed by atoms with Crippen molar-refractivity contribution in [1.29, 1.82) is 11.1 Å². The highest BCUT2D eigenvalue weighted by molar-refractivity contribution is 5.85. The average Bonchev–Trinajstić information content (AvgIpc) is 3.47. The summed E-state index contributed by atoms with van der Waals surface area (Å²) in [6, 6.07) is 1.72. The van der Waals surface area contributed by atoms with E-state index in [2.05, 4.69) is 28.0 Å². The van der Waals surface area contributed by atoms with Crippen molar-refractivity contribution in [1.82, 2.24) is 10.2 Å². The molecule has 0 aliphatic carbocycles. The first-order valence-corrected chi connectivity index (χ1v) is 12.2. The normalized spacial score (nSPS) is 18.0. The second kappa shape index (κ2) is 28.5. The third kappa shape index (κ3) is 21.7. The van der Waals surface area contributed by atoms with Crippen molar-refractivity contribution in [3.63, 3.8) is 0 Å². The summed E-state index contributed by atoms with van der Waals surface area (Å²) in [6.45, 7) is 7.39. The van der Waals surface area contributed by atoms with Crippen molar-refractivity contribution >= 4 is 12.4 Å². The third-order valence-corrected chi connectivity index (χ3v) is 4.55. The fourth-order valence-corrected chi connectivity index (χ4v) is 2.89. The molecular formula is C25H45ClN4O7. The van der Waals surface area contributed by atoms with Gasteiger partial charge in [-0.2, -0.15) is 5.10 Å². The molecule has 0 spiro atoms. The number of aliphatic hydroxyl groups is 1. The Morgan fingerprint density at radius 3 is 2.03 bits per heavy atom. The van der Waals surface area contributed by atoms with Crippen LogP contribution in [0.5, 0.6) is 0 Å². The van der Waals surface area contributed by atoms with Crippen molar-refractivity contribution in [2.24, 2.45) is 0 Å². The minimum atomic E-state index is -0.444. The smallest absolute Gasteiger partial charge is 0.222 e. The molecule has 1 aromatic rings. The fraction of sp³-hybridized carbons (Fsp3) is 0.720. The molecular weight excluding hydrogens is 504 g/mol. The lowest BCUT2D eigenvalue weighted by Gasteiger charge is -2.21. The van der Waals surface area contributed by atoms with E-state index in [0.29, 0.717) is 26.4 Å². The van der Waals surface area contributed by atoms with Gasteiger partial charge < -0.3 is 33.5 Å². The Hall–Kier alpha value is -2.06. The van der Waals surface area contributed by atoms with Crippen LogP contribution >= 0.6 is 12.4 Å². The van der Waals surface area contributed by atoms with Crippen LogP contribution in [-0.4, -0.2) is 73.8 Å². The summed E-state index contributed by atoms with van der Waals surface area (Å²) in [4.78, 5) is 0. The van der Waals surface area contributed by atoms with Crippen LogP contribution in [-0.2, 0) is 35.0 Å². The van der Waals surface area contributed by atoms with Gasteiger partial charge in [0.2, 0.25) is 6.29 Å². The first-order valence-electron chi connectivity index (χ1n) is 12.2. The maximum Gasteiger partial charge on any atom is 0.222 e. The van der Waals surface area contributed by atoms with Gasteiger partial charge in [0.15, 0.2) is 12.6 Å². The number of aliphatic hydroxyl groups excluding tert-OH is 1. The number of terminal acetylenes is 1. The van der Waals surface area contributed by atoms with Gasteiger partial charge in [-0.15, -0.1) is 18.8 Å². The maximum atomic E-state index is 8.36. The van der Waals surface area contributed by atoms with E-state index in [0.717, 1.165) is 44.6 Å². The molecule has 1 aromatic heterocycles. The standard InChI is InChI=1S/C13H22O4.C8H12O2.C4H6N2O.ClH.H2N2.H2/c1-3-14-12(15-4-2)9-7-11-17-13-8-5-6-10-16-13;1-2-6-9-8-5-3-4-7-10-8;7-3-4-1-2-5-6-4;;1-2;/h12-13H,3-6,8,10-11H2,1-2H3;1,8H,3-7H2;1-2,7H,3H2,(H,5,6);1H;1-2H;1H. The monoisotopic (exact) mass is 548 g/mol. The lowest BCUT2D eigenvalue weighted by Crippen LogP contribution is -2.22. The lowest BCUT2D eigenvalue weighted by atomic mass is 10.2. The Labute approximate surface area is 228 Å². The average molecular weight is 549 g/mol. The zero-order valence-corrected chi connectivity index (χ0v) is 22.7. The molecule has 2 unspecified atom stereocenters. The largest absolute Gasteiger partial charge is 0.390 e. The van der Waals surface area contributed by atoms with E-state index in [1.165, 1.54) is 12.8 Å². The van der Waals surface area contributed by atoms with Crippen LogP contribution in [0.25, 0.3) is 0 Å². The highest BCUT2D eigenvalue weighted by Gasteiger charge is 2.13. The van der Waals surface area contributed by atoms with Crippen LogP contribution < -0.4 is 0 Å². The topological polar surface area (TPSA) is 152 Å². The van der Waals surface area contributed by atoms with Crippen LogP contribution in [0.3, 0.4) is 0 Å². The van der Waals surface area contributed by atoms with E-state index in [9.17, 15) is 0 Å². The molecule has 0 radical (unpaired) electrons. The molecule has 0 aromatic carbocycles. The molecule has 11 nitrogen and oxygen atoms in total. The van der Waals surface area contributed by atoms with Gasteiger partial charge in [0.05, 0.1) is 12.3 Å². The molecule has 12 heteroatoms. The fourth-order valence-electron chi connectivity index (χ4n) is 2.89. The van der Waals surface area contributed by atoms with E-state index in [1.54, 1.807) is 12.3 Å². The molecule has 2 aliphatic heterocycles. The molecule has 2 fully saturated rings. The van der Waals surface area contributed by atoms with Crippen molar-refractivity contribution in [2.75, 3.05) is 39.6 Å². The Morgan fingerprint density at radius 1 is 1.08 bits per heavy atom.